The number of aromatic amines is 1. The van der Waals surface area contributed by atoms with Crippen molar-refractivity contribution in [2.75, 3.05) is 20.3 Å². The van der Waals surface area contributed by atoms with Crippen LogP contribution in [0, 0.1) is 5.92 Å². The first kappa shape index (κ1) is 21.9. The van der Waals surface area contributed by atoms with Gasteiger partial charge in [-0.1, -0.05) is 39.3 Å². The Labute approximate surface area is 189 Å². The monoisotopic (exact) mass is 433 g/mol. The quantitative estimate of drug-likeness (QED) is 0.455. The third kappa shape index (κ3) is 4.22. The molecule has 0 radical (unpaired) electrons. The maximum absolute atomic E-state index is 13.4. The Hall–Kier alpha value is -3.28. The normalized spacial score (nSPS) is 15.3. The van der Waals surface area contributed by atoms with Crippen molar-refractivity contribution in [3.05, 3.63) is 65.4 Å². The summed E-state index contributed by atoms with van der Waals surface area (Å²) in [7, 11) is 1.65. The van der Waals surface area contributed by atoms with Gasteiger partial charge in [-0.05, 0) is 54.3 Å². The van der Waals surface area contributed by atoms with Gasteiger partial charge in [0.25, 0.3) is 5.91 Å². The van der Waals surface area contributed by atoms with Gasteiger partial charge in [-0.25, -0.2) is 0 Å². The Balaban J connectivity index is 1.77. The lowest BCUT2D eigenvalue weighted by Gasteiger charge is -2.28. The summed E-state index contributed by atoms with van der Waals surface area (Å²) < 4.78 is 11.3. The second-order valence-corrected chi connectivity index (χ2v) is 8.62. The molecule has 0 spiro atoms. The molecule has 0 bridgehead atoms. The van der Waals surface area contributed by atoms with Crippen LogP contribution in [0.1, 0.15) is 61.3 Å². The number of fused-ring (bicyclic) bond motifs is 1. The minimum Gasteiger partial charge on any atom is -0.497 e. The number of nitrogens with one attached hydrogen (secondary N) is 1. The van der Waals surface area contributed by atoms with Crippen molar-refractivity contribution >= 4 is 5.91 Å². The second-order valence-electron chi connectivity index (χ2n) is 8.62. The lowest BCUT2D eigenvalue weighted by molar-refractivity contribution is 0.0722. The van der Waals surface area contributed by atoms with Crippen LogP contribution in [0.4, 0.5) is 0 Å². The fourth-order valence-electron chi connectivity index (χ4n) is 4.20. The highest BCUT2D eigenvalue weighted by Crippen LogP contribution is 2.43. The molecule has 1 aliphatic heterocycles. The van der Waals surface area contributed by atoms with Gasteiger partial charge >= 0.3 is 0 Å². The van der Waals surface area contributed by atoms with Gasteiger partial charge in [0.15, 0.2) is 0 Å². The molecule has 1 unspecified atom stereocenters. The van der Waals surface area contributed by atoms with E-state index in [9.17, 15) is 4.79 Å². The molecule has 1 aromatic heterocycles. The highest BCUT2D eigenvalue weighted by atomic mass is 16.5. The molecule has 168 valence electrons. The fraction of sp³-hybridized carbons (Fsp3) is 0.385. The Morgan fingerprint density at radius 1 is 1.12 bits per heavy atom. The molecule has 2 heterocycles. The second kappa shape index (κ2) is 9.47. The van der Waals surface area contributed by atoms with Crippen LogP contribution < -0.4 is 9.47 Å². The molecule has 0 aliphatic carbocycles. The minimum atomic E-state index is -0.217. The number of benzene rings is 2. The van der Waals surface area contributed by atoms with Crippen molar-refractivity contribution in [1.82, 2.24) is 15.1 Å². The standard InChI is InChI=1S/C26H31N3O3/c1-5-6-14-32-21-9-7-8-19(15-21)25-22-23(18-10-12-20(31-4)13-11-18)27-28-24(22)26(30)29(25)16-17(2)3/h7-13,15,17,25H,5-6,14,16H2,1-4H3,(H,27,28). The molecule has 6 nitrogen and oxygen atoms in total. The topological polar surface area (TPSA) is 67.5 Å². The number of aromatic nitrogens is 2. The van der Waals surface area contributed by atoms with E-state index in [0.717, 1.165) is 46.7 Å². The molecule has 32 heavy (non-hydrogen) atoms. The first-order valence-electron chi connectivity index (χ1n) is 11.3. The molecule has 1 amide bonds. The lowest BCUT2D eigenvalue weighted by Crippen LogP contribution is -2.32. The van der Waals surface area contributed by atoms with E-state index in [1.807, 2.05) is 41.3 Å². The van der Waals surface area contributed by atoms with E-state index in [0.29, 0.717) is 24.8 Å². The Bertz CT molecular complexity index is 1070. The van der Waals surface area contributed by atoms with Crippen molar-refractivity contribution in [2.24, 2.45) is 5.92 Å². The van der Waals surface area contributed by atoms with E-state index in [2.05, 4.69) is 43.1 Å². The molecule has 4 rings (SSSR count). The minimum absolute atomic E-state index is 0.0109. The number of carbonyl (C=O) groups is 1. The van der Waals surface area contributed by atoms with E-state index in [1.165, 1.54) is 0 Å². The summed E-state index contributed by atoms with van der Waals surface area (Å²) in [5, 5.41) is 7.56. The molecule has 0 fully saturated rings. The maximum Gasteiger partial charge on any atom is 0.273 e. The average molecular weight is 434 g/mol. The Morgan fingerprint density at radius 2 is 1.91 bits per heavy atom. The third-order valence-corrected chi connectivity index (χ3v) is 5.73. The molecule has 0 saturated heterocycles. The zero-order valence-corrected chi connectivity index (χ0v) is 19.2. The van der Waals surface area contributed by atoms with Gasteiger partial charge in [-0.3, -0.25) is 9.89 Å². The largest absolute Gasteiger partial charge is 0.497 e. The summed E-state index contributed by atoms with van der Waals surface area (Å²) in [6.07, 6.45) is 2.10. The van der Waals surface area contributed by atoms with Crippen LogP contribution >= 0.6 is 0 Å². The molecule has 3 aromatic rings. The summed E-state index contributed by atoms with van der Waals surface area (Å²) in [6.45, 7) is 7.76. The van der Waals surface area contributed by atoms with Crippen molar-refractivity contribution in [3.63, 3.8) is 0 Å². The van der Waals surface area contributed by atoms with Crippen LogP contribution in [-0.4, -0.2) is 41.3 Å². The smallest absolute Gasteiger partial charge is 0.273 e. The molecular formula is C26H31N3O3. The number of hydrogen-bond donors (Lipinski definition) is 1. The van der Waals surface area contributed by atoms with Crippen molar-refractivity contribution in [2.45, 2.75) is 39.7 Å². The highest BCUT2D eigenvalue weighted by Gasteiger charge is 2.42. The predicted molar refractivity (Wildman–Crippen MR) is 125 cm³/mol. The van der Waals surface area contributed by atoms with Crippen LogP contribution in [-0.2, 0) is 0 Å². The van der Waals surface area contributed by atoms with Crippen LogP contribution in [0.5, 0.6) is 11.5 Å². The van der Waals surface area contributed by atoms with Crippen molar-refractivity contribution in [1.29, 1.82) is 0 Å². The summed E-state index contributed by atoms with van der Waals surface area (Å²) in [5.74, 6) is 1.94. The van der Waals surface area contributed by atoms with Crippen LogP contribution in [0.25, 0.3) is 11.3 Å². The number of unbranched alkanes of at least 4 members (excludes halogenated alkanes) is 1. The molecule has 1 atom stereocenters. The van der Waals surface area contributed by atoms with Gasteiger partial charge in [0, 0.05) is 17.7 Å². The van der Waals surface area contributed by atoms with Gasteiger partial charge in [0.05, 0.1) is 25.5 Å². The number of carbonyl (C=O) groups excluding carboxylic acids is 1. The van der Waals surface area contributed by atoms with E-state index in [1.54, 1.807) is 7.11 Å². The Kier molecular flexibility index (Phi) is 6.49. The molecule has 0 saturated carbocycles. The number of amides is 1. The Morgan fingerprint density at radius 3 is 2.59 bits per heavy atom. The molecule has 1 N–H and O–H groups in total. The first-order valence-corrected chi connectivity index (χ1v) is 11.3. The van der Waals surface area contributed by atoms with Crippen LogP contribution in [0.2, 0.25) is 0 Å². The molecular weight excluding hydrogens is 402 g/mol. The van der Waals surface area contributed by atoms with E-state index >= 15 is 0 Å². The highest BCUT2D eigenvalue weighted by molar-refractivity contribution is 6.00. The maximum atomic E-state index is 13.4. The number of ether oxygens (including phenoxy) is 2. The number of rotatable bonds is 9. The van der Waals surface area contributed by atoms with Crippen LogP contribution in [0.15, 0.2) is 48.5 Å². The molecule has 2 aromatic carbocycles. The summed E-state index contributed by atoms with van der Waals surface area (Å²) in [5.41, 5.74) is 4.26. The predicted octanol–water partition coefficient (Wildman–Crippen LogP) is 5.47. The van der Waals surface area contributed by atoms with E-state index in [4.69, 9.17) is 9.47 Å². The number of H-pyrrole nitrogens is 1. The number of methoxy groups -OCH3 is 1. The summed E-state index contributed by atoms with van der Waals surface area (Å²) >= 11 is 0. The van der Waals surface area contributed by atoms with Gasteiger partial charge in [0.2, 0.25) is 0 Å². The molecule has 1 aliphatic rings. The average Bonchev–Trinajstić information content (AvgIpc) is 3.33. The van der Waals surface area contributed by atoms with Crippen LogP contribution in [0.3, 0.4) is 0 Å². The fourth-order valence-corrected chi connectivity index (χ4v) is 4.20. The van der Waals surface area contributed by atoms with E-state index in [-0.39, 0.29) is 11.9 Å². The lowest BCUT2D eigenvalue weighted by atomic mass is 9.95. The van der Waals surface area contributed by atoms with Gasteiger partial charge in [0.1, 0.15) is 17.2 Å². The number of nitrogens with zero attached hydrogens (tertiary/aromatic N) is 2. The summed E-state index contributed by atoms with van der Waals surface area (Å²) in [6, 6.07) is 15.7. The zero-order chi connectivity index (χ0) is 22.7. The van der Waals surface area contributed by atoms with Gasteiger partial charge in [-0.15, -0.1) is 0 Å². The zero-order valence-electron chi connectivity index (χ0n) is 19.2. The van der Waals surface area contributed by atoms with Gasteiger partial charge in [-0.2, -0.15) is 5.10 Å². The summed E-state index contributed by atoms with van der Waals surface area (Å²) in [4.78, 5) is 15.3. The van der Waals surface area contributed by atoms with Crippen molar-refractivity contribution < 1.29 is 14.3 Å². The van der Waals surface area contributed by atoms with Gasteiger partial charge < -0.3 is 14.4 Å². The number of hydrogen-bond acceptors (Lipinski definition) is 4. The molecule has 6 heteroatoms. The SMILES string of the molecule is CCCCOc1cccc(C2c3c(-c4ccc(OC)cc4)n[nH]c3C(=O)N2CC(C)C)c1. The first-order chi connectivity index (χ1) is 15.5. The third-order valence-electron chi connectivity index (χ3n) is 5.73. The van der Waals surface area contributed by atoms with Crippen molar-refractivity contribution in [3.8, 4) is 22.8 Å². The van der Waals surface area contributed by atoms with E-state index < -0.39 is 0 Å².